The van der Waals surface area contributed by atoms with Crippen LogP contribution in [0.15, 0.2) is 28.7 Å². The van der Waals surface area contributed by atoms with Crippen LogP contribution in [0.25, 0.3) is 0 Å². The molecule has 1 aromatic carbocycles. The van der Waals surface area contributed by atoms with E-state index < -0.39 is 5.97 Å². The van der Waals surface area contributed by atoms with E-state index in [2.05, 4.69) is 15.9 Å². The highest BCUT2D eigenvalue weighted by molar-refractivity contribution is 9.10. The molecule has 3 nitrogen and oxygen atoms in total. The van der Waals surface area contributed by atoms with Gasteiger partial charge in [-0.1, -0.05) is 28.1 Å². The zero-order valence-electron chi connectivity index (χ0n) is 8.90. The molecular formula is C12H14BrNO2. The van der Waals surface area contributed by atoms with Crippen molar-refractivity contribution < 1.29 is 9.90 Å². The summed E-state index contributed by atoms with van der Waals surface area (Å²) in [6.45, 7) is 1.61. The Kier molecular flexibility index (Phi) is 3.61. The van der Waals surface area contributed by atoms with Crippen molar-refractivity contribution in [3.05, 3.63) is 34.3 Å². The summed E-state index contributed by atoms with van der Waals surface area (Å²) >= 11 is 3.39. The summed E-state index contributed by atoms with van der Waals surface area (Å²) in [6, 6.07) is 7.73. The molecule has 1 saturated heterocycles. The van der Waals surface area contributed by atoms with Gasteiger partial charge in [0.2, 0.25) is 0 Å². The lowest BCUT2D eigenvalue weighted by Gasteiger charge is -2.20. The zero-order chi connectivity index (χ0) is 11.5. The zero-order valence-corrected chi connectivity index (χ0v) is 10.5. The Bertz CT molecular complexity index is 377. The van der Waals surface area contributed by atoms with Gasteiger partial charge in [-0.2, -0.15) is 0 Å². The van der Waals surface area contributed by atoms with Crippen molar-refractivity contribution >= 4 is 21.9 Å². The first-order valence-electron chi connectivity index (χ1n) is 5.38. The van der Waals surface area contributed by atoms with Crippen LogP contribution in [0.5, 0.6) is 0 Å². The van der Waals surface area contributed by atoms with Crippen molar-refractivity contribution in [3.8, 4) is 0 Å². The summed E-state index contributed by atoms with van der Waals surface area (Å²) in [7, 11) is 0. The molecule has 0 spiro atoms. The minimum atomic E-state index is -0.699. The van der Waals surface area contributed by atoms with Gasteiger partial charge in [0, 0.05) is 11.0 Å². The predicted molar refractivity (Wildman–Crippen MR) is 65.2 cm³/mol. The molecule has 0 bridgehead atoms. The van der Waals surface area contributed by atoms with Crippen LogP contribution in [0.4, 0.5) is 0 Å². The van der Waals surface area contributed by atoms with E-state index in [1.54, 1.807) is 0 Å². The van der Waals surface area contributed by atoms with Gasteiger partial charge in [-0.3, -0.25) is 9.69 Å². The van der Waals surface area contributed by atoms with Crippen LogP contribution in [0.2, 0.25) is 0 Å². The minimum Gasteiger partial charge on any atom is -0.480 e. The molecular weight excluding hydrogens is 270 g/mol. The Labute approximate surface area is 103 Å². The number of carboxylic acids is 1. The van der Waals surface area contributed by atoms with Gasteiger partial charge in [-0.05, 0) is 37.1 Å². The van der Waals surface area contributed by atoms with Gasteiger partial charge in [-0.25, -0.2) is 0 Å². The van der Waals surface area contributed by atoms with Crippen LogP contribution in [0, 0.1) is 0 Å². The van der Waals surface area contributed by atoms with Crippen molar-refractivity contribution in [2.24, 2.45) is 0 Å². The normalized spacial score (nSPS) is 21.2. The number of rotatable bonds is 3. The molecule has 86 valence electrons. The fourth-order valence-electron chi connectivity index (χ4n) is 2.12. The van der Waals surface area contributed by atoms with E-state index in [9.17, 15) is 4.79 Å². The van der Waals surface area contributed by atoms with Gasteiger partial charge in [0.1, 0.15) is 6.04 Å². The maximum atomic E-state index is 11.0. The van der Waals surface area contributed by atoms with E-state index in [0.717, 1.165) is 36.0 Å². The molecule has 1 aliphatic heterocycles. The number of hydrogen-bond acceptors (Lipinski definition) is 2. The molecule has 4 heteroatoms. The van der Waals surface area contributed by atoms with Crippen LogP contribution in [-0.4, -0.2) is 28.6 Å². The lowest BCUT2D eigenvalue weighted by Crippen LogP contribution is -2.35. The van der Waals surface area contributed by atoms with E-state index in [-0.39, 0.29) is 6.04 Å². The molecule has 0 aliphatic carbocycles. The van der Waals surface area contributed by atoms with Crippen molar-refractivity contribution in [3.63, 3.8) is 0 Å². The number of carbonyl (C=O) groups is 1. The molecule has 16 heavy (non-hydrogen) atoms. The minimum absolute atomic E-state index is 0.302. The number of likely N-dealkylation sites (tertiary alicyclic amines) is 1. The monoisotopic (exact) mass is 283 g/mol. The smallest absolute Gasteiger partial charge is 0.320 e. The van der Waals surface area contributed by atoms with Crippen molar-refractivity contribution in [1.29, 1.82) is 0 Å². The highest BCUT2D eigenvalue weighted by Crippen LogP contribution is 2.21. The van der Waals surface area contributed by atoms with E-state index in [1.165, 1.54) is 0 Å². The van der Waals surface area contributed by atoms with Crippen LogP contribution in [0.3, 0.4) is 0 Å². The summed E-state index contributed by atoms with van der Waals surface area (Å²) in [5.41, 5.74) is 1.16. The molecule has 1 atom stereocenters. The molecule has 1 N–H and O–H groups in total. The second kappa shape index (κ2) is 4.97. The molecule has 0 amide bonds. The second-order valence-electron chi connectivity index (χ2n) is 4.09. The van der Waals surface area contributed by atoms with Crippen molar-refractivity contribution in [2.45, 2.75) is 25.4 Å². The van der Waals surface area contributed by atoms with Crippen LogP contribution < -0.4 is 0 Å². The number of hydrogen-bond donors (Lipinski definition) is 1. The van der Waals surface area contributed by atoms with E-state index in [1.807, 2.05) is 29.2 Å². The molecule has 0 saturated carbocycles. The summed E-state index contributed by atoms with van der Waals surface area (Å²) in [5.74, 6) is -0.699. The quantitative estimate of drug-likeness (QED) is 0.927. The number of nitrogens with zero attached hydrogens (tertiary/aromatic N) is 1. The Hall–Kier alpha value is -0.870. The molecule has 1 fully saturated rings. The van der Waals surface area contributed by atoms with E-state index in [0.29, 0.717) is 0 Å². The Morgan fingerprint density at radius 3 is 2.75 bits per heavy atom. The molecule has 0 aromatic heterocycles. The van der Waals surface area contributed by atoms with Crippen LogP contribution in [0.1, 0.15) is 18.4 Å². The third-order valence-corrected chi connectivity index (χ3v) is 3.48. The molecule has 1 aromatic rings. The summed E-state index contributed by atoms with van der Waals surface area (Å²) in [5, 5.41) is 9.06. The number of halogens is 1. The Morgan fingerprint density at radius 1 is 1.44 bits per heavy atom. The SMILES string of the molecule is O=C(O)C1CCCN1Cc1ccc(Br)cc1. The van der Waals surface area contributed by atoms with Gasteiger partial charge in [0.05, 0.1) is 0 Å². The fraction of sp³-hybridized carbons (Fsp3) is 0.417. The molecule has 1 heterocycles. The lowest BCUT2D eigenvalue weighted by molar-refractivity contribution is -0.142. The molecule has 2 rings (SSSR count). The Morgan fingerprint density at radius 2 is 2.12 bits per heavy atom. The summed E-state index contributed by atoms with van der Waals surface area (Å²) < 4.78 is 1.05. The topological polar surface area (TPSA) is 40.5 Å². The third-order valence-electron chi connectivity index (χ3n) is 2.95. The Balaban J connectivity index is 2.03. The largest absolute Gasteiger partial charge is 0.480 e. The fourth-order valence-corrected chi connectivity index (χ4v) is 2.38. The molecule has 0 radical (unpaired) electrons. The average molecular weight is 284 g/mol. The maximum absolute atomic E-state index is 11.0. The highest BCUT2D eigenvalue weighted by atomic mass is 79.9. The predicted octanol–water partition coefficient (Wildman–Crippen LogP) is 2.50. The van der Waals surface area contributed by atoms with Gasteiger partial charge in [0.15, 0.2) is 0 Å². The molecule has 1 unspecified atom stereocenters. The summed E-state index contributed by atoms with van der Waals surface area (Å²) in [4.78, 5) is 13.0. The van der Waals surface area contributed by atoms with E-state index in [4.69, 9.17) is 5.11 Å². The lowest BCUT2D eigenvalue weighted by atomic mass is 10.2. The summed E-state index contributed by atoms with van der Waals surface area (Å²) in [6.07, 6.45) is 1.75. The van der Waals surface area contributed by atoms with Crippen LogP contribution >= 0.6 is 15.9 Å². The third kappa shape index (κ3) is 2.62. The van der Waals surface area contributed by atoms with Gasteiger partial charge in [0.25, 0.3) is 0 Å². The first kappa shape index (κ1) is 11.6. The highest BCUT2D eigenvalue weighted by Gasteiger charge is 2.29. The maximum Gasteiger partial charge on any atom is 0.320 e. The van der Waals surface area contributed by atoms with Gasteiger partial charge < -0.3 is 5.11 Å². The first-order chi connectivity index (χ1) is 7.66. The van der Waals surface area contributed by atoms with Crippen molar-refractivity contribution in [1.82, 2.24) is 4.90 Å². The standard InChI is InChI=1S/C12H14BrNO2/c13-10-5-3-9(4-6-10)8-14-7-1-2-11(14)12(15)16/h3-6,11H,1-2,7-8H2,(H,15,16). The molecule has 1 aliphatic rings. The van der Waals surface area contributed by atoms with Crippen molar-refractivity contribution in [2.75, 3.05) is 6.54 Å². The van der Waals surface area contributed by atoms with Crippen LogP contribution in [-0.2, 0) is 11.3 Å². The number of carboxylic acid groups (broad SMARTS) is 1. The van der Waals surface area contributed by atoms with Gasteiger partial charge >= 0.3 is 5.97 Å². The number of aliphatic carboxylic acids is 1. The first-order valence-corrected chi connectivity index (χ1v) is 6.17. The average Bonchev–Trinajstić information content (AvgIpc) is 2.69. The second-order valence-corrected chi connectivity index (χ2v) is 5.01. The van der Waals surface area contributed by atoms with E-state index >= 15 is 0 Å². The van der Waals surface area contributed by atoms with Gasteiger partial charge in [-0.15, -0.1) is 0 Å². The number of benzene rings is 1.